The highest BCUT2D eigenvalue weighted by Crippen LogP contribution is 2.26. The van der Waals surface area contributed by atoms with Gasteiger partial charge in [-0.2, -0.15) is 0 Å². The number of Topliss-reactive ketones (excluding diaryl/α,β-unsaturated/α-hetero) is 1. The van der Waals surface area contributed by atoms with Crippen LogP contribution in [0.4, 0.5) is 0 Å². The average Bonchev–Trinajstić information content (AvgIpc) is 3.16. The minimum Gasteiger partial charge on any atom is -0.461 e. The van der Waals surface area contributed by atoms with Crippen molar-refractivity contribution in [1.82, 2.24) is 9.97 Å². The van der Waals surface area contributed by atoms with E-state index < -0.39 is 5.97 Å². The van der Waals surface area contributed by atoms with Crippen molar-refractivity contribution in [3.05, 3.63) is 59.5 Å². The van der Waals surface area contributed by atoms with Crippen LogP contribution in [0.3, 0.4) is 0 Å². The molecule has 0 fully saturated rings. The number of ketones is 1. The van der Waals surface area contributed by atoms with Gasteiger partial charge in [-0.05, 0) is 56.5 Å². The molecule has 0 saturated carbocycles. The summed E-state index contributed by atoms with van der Waals surface area (Å²) in [7, 11) is 0. The second kappa shape index (κ2) is 7.53. The van der Waals surface area contributed by atoms with E-state index in [0.29, 0.717) is 39.2 Å². The minimum absolute atomic E-state index is 0.0506. The maximum absolute atomic E-state index is 12.6. The molecule has 0 radical (unpaired) electrons. The summed E-state index contributed by atoms with van der Waals surface area (Å²) in [6.45, 7) is 3.20. The number of esters is 1. The molecule has 0 atom stereocenters. The number of hydrogen-bond donors (Lipinski definition) is 0. The number of nitrogens with zero attached hydrogens (tertiary/aromatic N) is 2. The summed E-state index contributed by atoms with van der Waals surface area (Å²) in [6.07, 6.45) is 3.37. The molecule has 7 heteroatoms. The molecule has 132 valence electrons. The Bertz CT molecular complexity index is 950. The van der Waals surface area contributed by atoms with Gasteiger partial charge in [0, 0.05) is 5.56 Å². The summed E-state index contributed by atoms with van der Waals surface area (Å²) in [5, 5.41) is 0.509. The van der Waals surface area contributed by atoms with Crippen LogP contribution < -0.4 is 4.74 Å². The fourth-order valence-electron chi connectivity index (χ4n) is 2.36. The number of rotatable bonds is 5. The Balaban J connectivity index is 1.90. The molecule has 0 aliphatic rings. The molecule has 0 aliphatic heterocycles. The molecule has 0 amide bonds. The summed E-state index contributed by atoms with van der Waals surface area (Å²) in [5.41, 5.74) is 1.36. The van der Waals surface area contributed by atoms with Gasteiger partial charge < -0.3 is 9.15 Å². The first kappa shape index (κ1) is 17.9. The van der Waals surface area contributed by atoms with Gasteiger partial charge in [0.25, 0.3) is 0 Å². The molecule has 2 aromatic heterocycles. The fraction of sp³-hybridized carbons (Fsp3) is 0.158. The van der Waals surface area contributed by atoms with E-state index in [-0.39, 0.29) is 5.78 Å². The second-order valence-corrected chi connectivity index (χ2v) is 6.26. The predicted octanol–water partition coefficient (Wildman–Crippen LogP) is 4.19. The number of furan rings is 1. The molecule has 0 spiro atoms. The van der Waals surface area contributed by atoms with Crippen molar-refractivity contribution < 1.29 is 18.7 Å². The molecular formula is C19H16N2O4S. The van der Waals surface area contributed by atoms with E-state index in [1.54, 1.807) is 49.6 Å². The van der Waals surface area contributed by atoms with Gasteiger partial charge in [0.2, 0.25) is 0 Å². The van der Waals surface area contributed by atoms with Crippen LogP contribution in [0.1, 0.15) is 33.3 Å². The van der Waals surface area contributed by atoms with Crippen molar-refractivity contribution in [3.63, 3.8) is 0 Å². The summed E-state index contributed by atoms with van der Waals surface area (Å²) < 4.78 is 10.7. The van der Waals surface area contributed by atoms with Crippen molar-refractivity contribution in [2.24, 2.45) is 0 Å². The standard InChI is InChI=1S/C19H16N2O4S/c1-11-16(18(26-3)21-17(20-11)15-5-4-10-24-15)19(23)25-14-8-6-13(7-9-14)12(2)22/h4-10H,1-3H3. The van der Waals surface area contributed by atoms with Crippen LogP contribution in [0.5, 0.6) is 5.75 Å². The molecular weight excluding hydrogens is 352 g/mol. The molecule has 3 aromatic rings. The van der Waals surface area contributed by atoms with Crippen LogP contribution in [-0.2, 0) is 0 Å². The molecule has 3 rings (SSSR count). The molecule has 6 nitrogen and oxygen atoms in total. The van der Waals surface area contributed by atoms with E-state index in [0.717, 1.165) is 0 Å². The minimum atomic E-state index is -0.548. The highest BCUT2D eigenvalue weighted by Gasteiger charge is 2.21. The third-order valence-electron chi connectivity index (χ3n) is 3.67. The Labute approximate surface area is 154 Å². The van der Waals surface area contributed by atoms with E-state index >= 15 is 0 Å². The van der Waals surface area contributed by atoms with Gasteiger partial charge >= 0.3 is 5.97 Å². The third kappa shape index (κ3) is 3.67. The van der Waals surface area contributed by atoms with Gasteiger partial charge in [0.15, 0.2) is 17.4 Å². The Hall–Kier alpha value is -2.93. The zero-order chi connectivity index (χ0) is 18.7. The quantitative estimate of drug-likeness (QED) is 0.219. The average molecular weight is 368 g/mol. The van der Waals surface area contributed by atoms with Crippen LogP contribution in [0.15, 0.2) is 52.1 Å². The summed E-state index contributed by atoms with van der Waals surface area (Å²) >= 11 is 1.33. The monoisotopic (exact) mass is 368 g/mol. The van der Waals surface area contributed by atoms with Crippen LogP contribution in [0.2, 0.25) is 0 Å². The third-order valence-corrected chi connectivity index (χ3v) is 4.35. The lowest BCUT2D eigenvalue weighted by Gasteiger charge is -2.11. The summed E-state index contributed by atoms with van der Waals surface area (Å²) in [6, 6.07) is 9.91. The number of ether oxygens (including phenoxy) is 1. The number of carbonyl (C=O) groups excluding carboxylic acids is 2. The van der Waals surface area contributed by atoms with Crippen LogP contribution in [0, 0.1) is 6.92 Å². The molecule has 0 saturated heterocycles. The first-order valence-corrected chi connectivity index (χ1v) is 9.01. The molecule has 0 unspecified atom stereocenters. The molecule has 26 heavy (non-hydrogen) atoms. The number of aromatic nitrogens is 2. The molecule has 0 aliphatic carbocycles. The van der Waals surface area contributed by atoms with Crippen molar-refractivity contribution >= 4 is 23.5 Å². The van der Waals surface area contributed by atoms with Gasteiger partial charge in [-0.25, -0.2) is 14.8 Å². The smallest absolute Gasteiger partial charge is 0.348 e. The Morgan fingerprint density at radius 2 is 1.85 bits per heavy atom. The van der Waals surface area contributed by atoms with Crippen molar-refractivity contribution in [3.8, 4) is 17.3 Å². The largest absolute Gasteiger partial charge is 0.461 e. The Morgan fingerprint density at radius 1 is 1.12 bits per heavy atom. The molecule has 1 aromatic carbocycles. The molecule has 0 bridgehead atoms. The maximum atomic E-state index is 12.6. The SMILES string of the molecule is CSc1nc(-c2ccco2)nc(C)c1C(=O)Oc1ccc(C(C)=O)cc1. The maximum Gasteiger partial charge on any atom is 0.348 e. The number of carbonyl (C=O) groups is 2. The summed E-state index contributed by atoms with van der Waals surface area (Å²) in [5.74, 6) is 0.697. The first-order chi connectivity index (χ1) is 12.5. The molecule has 0 N–H and O–H groups in total. The van der Waals surface area contributed by atoms with Crippen LogP contribution in [-0.4, -0.2) is 28.0 Å². The Kier molecular flexibility index (Phi) is 5.18. The topological polar surface area (TPSA) is 82.3 Å². The highest BCUT2D eigenvalue weighted by atomic mass is 32.2. The highest BCUT2D eigenvalue weighted by molar-refractivity contribution is 7.98. The van der Waals surface area contributed by atoms with Gasteiger partial charge in [-0.1, -0.05) is 0 Å². The lowest BCUT2D eigenvalue weighted by atomic mass is 10.1. The number of hydrogen-bond acceptors (Lipinski definition) is 7. The van der Waals surface area contributed by atoms with E-state index in [1.807, 2.05) is 6.26 Å². The van der Waals surface area contributed by atoms with Crippen molar-refractivity contribution in [1.29, 1.82) is 0 Å². The van der Waals surface area contributed by atoms with Gasteiger partial charge in [-0.3, -0.25) is 4.79 Å². The number of thioether (sulfide) groups is 1. The van der Waals surface area contributed by atoms with Crippen molar-refractivity contribution in [2.45, 2.75) is 18.9 Å². The van der Waals surface area contributed by atoms with E-state index in [4.69, 9.17) is 9.15 Å². The van der Waals surface area contributed by atoms with Crippen LogP contribution in [0.25, 0.3) is 11.6 Å². The lowest BCUT2D eigenvalue weighted by molar-refractivity contribution is 0.0728. The second-order valence-electron chi connectivity index (χ2n) is 5.46. The van der Waals surface area contributed by atoms with E-state index in [9.17, 15) is 9.59 Å². The summed E-state index contributed by atoms with van der Waals surface area (Å²) in [4.78, 5) is 32.7. The first-order valence-electron chi connectivity index (χ1n) is 7.79. The predicted molar refractivity (Wildman–Crippen MR) is 97.7 cm³/mol. The van der Waals surface area contributed by atoms with Gasteiger partial charge in [0.1, 0.15) is 16.3 Å². The fourth-order valence-corrected chi connectivity index (χ4v) is 2.97. The van der Waals surface area contributed by atoms with E-state index in [2.05, 4.69) is 9.97 Å². The zero-order valence-corrected chi connectivity index (χ0v) is 15.3. The zero-order valence-electron chi connectivity index (χ0n) is 14.5. The van der Waals surface area contributed by atoms with Gasteiger partial charge in [0.05, 0.1) is 12.0 Å². The van der Waals surface area contributed by atoms with Gasteiger partial charge in [-0.15, -0.1) is 11.8 Å². The number of benzene rings is 1. The normalized spacial score (nSPS) is 10.6. The lowest BCUT2D eigenvalue weighted by Crippen LogP contribution is -2.14. The van der Waals surface area contributed by atoms with E-state index in [1.165, 1.54) is 18.7 Å². The number of aryl methyl sites for hydroxylation is 1. The van der Waals surface area contributed by atoms with Crippen LogP contribution >= 0.6 is 11.8 Å². The van der Waals surface area contributed by atoms with Crippen molar-refractivity contribution in [2.75, 3.05) is 6.26 Å². The Morgan fingerprint density at radius 3 is 2.42 bits per heavy atom. The molecule has 2 heterocycles.